The van der Waals surface area contributed by atoms with Gasteiger partial charge in [-0.25, -0.2) is 0 Å². The lowest BCUT2D eigenvalue weighted by Crippen LogP contribution is -2.01. The molecule has 4 heteroatoms. The zero-order chi connectivity index (χ0) is 13.8. The Morgan fingerprint density at radius 2 is 1.95 bits per heavy atom. The average Bonchev–Trinajstić information content (AvgIpc) is 2.70. The maximum absolute atomic E-state index is 5.68. The Morgan fingerprint density at radius 3 is 2.80 bits per heavy atom. The first-order chi connectivity index (χ1) is 9.81. The van der Waals surface area contributed by atoms with Crippen molar-refractivity contribution in [3.05, 3.63) is 47.8 Å². The van der Waals surface area contributed by atoms with Crippen LogP contribution < -0.4 is 14.8 Å². The second kappa shape index (κ2) is 5.82. The molecule has 1 aliphatic rings. The fourth-order valence-electron chi connectivity index (χ4n) is 2.19. The Labute approximate surface area is 118 Å². The van der Waals surface area contributed by atoms with Crippen molar-refractivity contribution in [3.63, 3.8) is 0 Å². The van der Waals surface area contributed by atoms with E-state index < -0.39 is 0 Å². The van der Waals surface area contributed by atoms with E-state index in [4.69, 9.17) is 9.47 Å². The highest BCUT2D eigenvalue weighted by Crippen LogP contribution is 2.32. The molecule has 0 aliphatic carbocycles. The van der Waals surface area contributed by atoms with Crippen molar-refractivity contribution in [1.82, 2.24) is 4.98 Å². The van der Waals surface area contributed by atoms with E-state index in [0.717, 1.165) is 42.3 Å². The number of pyridine rings is 1. The van der Waals surface area contributed by atoms with Gasteiger partial charge in [-0.15, -0.1) is 0 Å². The first-order valence-corrected chi connectivity index (χ1v) is 6.85. The van der Waals surface area contributed by atoms with Gasteiger partial charge in [0.15, 0.2) is 11.5 Å². The van der Waals surface area contributed by atoms with Crippen LogP contribution in [0.4, 0.5) is 5.69 Å². The molecule has 20 heavy (non-hydrogen) atoms. The Morgan fingerprint density at radius 1 is 1.10 bits per heavy atom. The Balaban J connectivity index is 1.70. The maximum atomic E-state index is 5.68. The van der Waals surface area contributed by atoms with E-state index in [1.54, 1.807) is 0 Å². The lowest BCUT2D eigenvalue weighted by Gasteiger charge is -2.11. The molecular formula is C16H18N2O2. The molecule has 0 saturated heterocycles. The number of fused-ring (bicyclic) bond motifs is 1. The SMILES string of the molecule is Cc1cncc(CNc2ccc3c(c2)OCCCO3)c1. The number of aryl methyl sites for hydroxylation is 1. The largest absolute Gasteiger partial charge is 0.490 e. The smallest absolute Gasteiger partial charge is 0.163 e. The van der Waals surface area contributed by atoms with Gasteiger partial charge in [0.2, 0.25) is 0 Å². The topological polar surface area (TPSA) is 43.4 Å². The minimum absolute atomic E-state index is 0.707. The molecule has 1 aliphatic heterocycles. The minimum Gasteiger partial charge on any atom is -0.490 e. The van der Waals surface area contributed by atoms with E-state index in [9.17, 15) is 0 Å². The zero-order valence-corrected chi connectivity index (χ0v) is 11.6. The van der Waals surface area contributed by atoms with Crippen molar-refractivity contribution in [2.75, 3.05) is 18.5 Å². The predicted molar refractivity (Wildman–Crippen MR) is 78.3 cm³/mol. The van der Waals surface area contributed by atoms with Crippen LogP contribution in [-0.2, 0) is 6.54 Å². The summed E-state index contributed by atoms with van der Waals surface area (Å²) in [5, 5.41) is 3.38. The van der Waals surface area contributed by atoms with Crippen LogP contribution in [0, 0.1) is 6.92 Å². The summed E-state index contributed by atoms with van der Waals surface area (Å²) in [7, 11) is 0. The molecule has 1 aromatic carbocycles. The lowest BCUT2D eigenvalue weighted by atomic mass is 10.2. The number of hydrogen-bond donors (Lipinski definition) is 1. The summed E-state index contributed by atoms with van der Waals surface area (Å²) in [6.45, 7) is 4.21. The normalized spacial score (nSPS) is 13.7. The van der Waals surface area contributed by atoms with E-state index in [0.29, 0.717) is 6.61 Å². The number of nitrogens with one attached hydrogen (secondary N) is 1. The van der Waals surface area contributed by atoms with E-state index in [1.165, 1.54) is 5.56 Å². The quantitative estimate of drug-likeness (QED) is 0.930. The molecule has 2 aromatic rings. The summed E-state index contributed by atoms with van der Waals surface area (Å²) in [5.74, 6) is 1.64. The van der Waals surface area contributed by atoms with Crippen molar-refractivity contribution >= 4 is 5.69 Å². The summed E-state index contributed by atoms with van der Waals surface area (Å²) < 4.78 is 11.3. The molecule has 3 rings (SSSR count). The number of ether oxygens (including phenoxy) is 2. The summed E-state index contributed by atoms with van der Waals surface area (Å²) in [5.41, 5.74) is 3.36. The van der Waals surface area contributed by atoms with Crippen LogP contribution in [-0.4, -0.2) is 18.2 Å². The molecule has 1 aromatic heterocycles. The van der Waals surface area contributed by atoms with E-state index in [-0.39, 0.29) is 0 Å². The first kappa shape index (κ1) is 12.8. The minimum atomic E-state index is 0.707. The molecule has 0 fully saturated rings. The standard InChI is InChI=1S/C16H18N2O2/c1-12-7-13(10-17-9-12)11-18-14-3-4-15-16(8-14)20-6-2-5-19-15/h3-4,7-10,18H,2,5-6,11H2,1H3. The summed E-state index contributed by atoms with van der Waals surface area (Å²) in [6, 6.07) is 8.08. The third-order valence-electron chi connectivity index (χ3n) is 3.18. The van der Waals surface area contributed by atoms with Crippen molar-refractivity contribution < 1.29 is 9.47 Å². The van der Waals surface area contributed by atoms with E-state index in [1.807, 2.05) is 37.5 Å². The van der Waals surface area contributed by atoms with Crippen molar-refractivity contribution in [1.29, 1.82) is 0 Å². The third kappa shape index (κ3) is 3.02. The van der Waals surface area contributed by atoms with Gasteiger partial charge in [0.1, 0.15) is 0 Å². The number of anilines is 1. The molecule has 0 unspecified atom stereocenters. The number of aromatic nitrogens is 1. The number of hydrogen-bond acceptors (Lipinski definition) is 4. The Hall–Kier alpha value is -2.23. The van der Waals surface area contributed by atoms with Crippen molar-refractivity contribution in [2.45, 2.75) is 19.9 Å². The molecule has 4 nitrogen and oxygen atoms in total. The summed E-state index contributed by atoms with van der Waals surface area (Å²) >= 11 is 0. The first-order valence-electron chi connectivity index (χ1n) is 6.85. The highest BCUT2D eigenvalue weighted by atomic mass is 16.5. The zero-order valence-electron chi connectivity index (χ0n) is 11.6. The van der Waals surface area contributed by atoms with Crippen LogP contribution in [0.5, 0.6) is 11.5 Å². The van der Waals surface area contributed by atoms with Crippen LogP contribution >= 0.6 is 0 Å². The van der Waals surface area contributed by atoms with Crippen LogP contribution in [0.1, 0.15) is 17.5 Å². The summed E-state index contributed by atoms with van der Waals surface area (Å²) in [6.07, 6.45) is 4.66. The van der Waals surface area contributed by atoms with Crippen LogP contribution in [0.3, 0.4) is 0 Å². The van der Waals surface area contributed by atoms with Gasteiger partial charge in [-0.3, -0.25) is 4.98 Å². The third-order valence-corrected chi connectivity index (χ3v) is 3.18. The van der Waals surface area contributed by atoms with Gasteiger partial charge in [0.25, 0.3) is 0 Å². The molecule has 0 atom stereocenters. The monoisotopic (exact) mass is 270 g/mol. The van der Waals surface area contributed by atoms with E-state index in [2.05, 4.69) is 16.4 Å². The molecule has 0 radical (unpaired) electrons. The number of rotatable bonds is 3. The van der Waals surface area contributed by atoms with Crippen molar-refractivity contribution in [2.24, 2.45) is 0 Å². The fraction of sp³-hybridized carbons (Fsp3) is 0.312. The molecule has 1 N–H and O–H groups in total. The molecule has 0 saturated carbocycles. The molecule has 0 amide bonds. The van der Waals surface area contributed by atoms with Gasteiger partial charge < -0.3 is 14.8 Å². The highest BCUT2D eigenvalue weighted by Gasteiger charge is 2.10. The van der Waals surface area contributed by atoms with Crippen LogP contribution in [0.2, 0.25) is 0 Å². The van der Waals surface area contributed by atoms with Gasteiger partial charge in [-0.2, -0.15) is 0 Å². The van der Waals surface area contributed by atoms with Crippen molar-refractivity contribution in [3.8, 4) is 11.5 Å². The van der Waals surface area contributed by atoms with Crippen LogP contribution in [0.15, 0.2) is 36.7 Å². The van der Waals surface area contributed by atoms with Gasteiger partial charge in [-0.05, 0) is 30.2 Å². The second-order valence-electron chi connectivity index (χ2n) is 4.94. The fourth-order valence-corrected chi connectivity index (χ4v) is 2.19. The van der Waals surface area contributed by atoms with Gasteiger partial charge in [0, 0.05) is 37.1 Å². The Bertz CT molecular complexity index is 599. The van der Waals surface area contributed by atoms with Gasteiger partial charge >= 0.3 is 0 Å². The van der Waals surface area contributed by atoms with Gasteiger partial charge in [0.05, 0.1) is 13.2 Å². The van der Waals surface area contributed by atoms with Gasteiger partial charge in [-0.1, -0.05) is 6.07 Å². The van der Waals surface area contributed by atoms with E-state index >= 15 is 0 Å². The highest BCUT2D eigenvalue weighted by molar-refractivity contribution is 5.55. The number of benzene rings is 1. The molecule has 0 bridgehead atoms. The molecular weight excluding hydrogens is 252 g/mol. The molecule has 0 spiro atoms. The summed E-state index contributed by atoms with van der Waals surface area (Å²) in [4.78, 5) is 4.19. The maximum Gasteiger partial charge on any atom is 0.163 e. The average molecular weight is 270 g/mol. The predicted octanol–water partition coefficient (Wildman–Crippen LogP) is 3.16. The lowest BCUT2D eigenvalue weighted by molar-refractivity contribution is 0.297. The number of nitrogens with zero attached hydrogens (tertiary/aromatic N) is 1. The Kier molecular flexibility index (Phi) is 3.72. The second-order valence-corrected chi connectivity index (χ2v) is 4.94. The van der Waals surface area contributed by atoms with Crippen LogP contribution in [0.25, 0.3) is 0 Å². The molecule has 2 heterocycles. The molecule has 104 valence electrons.